The van der Waals surface area contributed by atoms with Gasteiger partial charge in [0.2, 0.25) is 22.8 Å². The Morgan fingerprint density at radius 1 is 0.667 bits per heavy atom. The smallest absolute Gasteiger partial charge is 0.314 e. The number of hydrogen-bond acceptors (Lipinski definition) is 10. The molecule has 1 fully saturated rings. The fraction of sp³-hybridized carbons (Fsp3) is 0.375. The van der Waals surface area contributed by atoms with Crippen LogP contribution in [0.4, 0.5) is 0 Å². The van der Waals surface area contributed by atoms with E-state index in [4.69, 9.17) is 28.4 Å². The van der Waals surface area contributed by atoms with Crippen LogP contribution in [-0.4, -0.2) is 62.1 Å². The van der Waals surface area contributed by atoms with Crippen molar-refractivity contribution in [3.05, 3.63) is 70.8 Å². The van der Waals surface area contributed by atoms with Crippen molar-refractivity contribution in [3.63, 3.8) is 0 Å². The molecular weight excluding hydrogens is 544 g/mol. The first-order chi connectivity index (χ1) is 20.1. The zero-order valence-electron chi connectivity index (χ0n) is 24.3. The molecule has 0 N–H and O–H groups in total. The first kappa shape index (κ1) is 28.9. The van der Waals surface area contributed by atoms with Crippen molar-refractivity contribution in [1.29, 1.82) is 0 Å². The van der Waals surface area contributed by atoms with Gasteiger partial charge in [-0.25, -0.2) is 0 Å². The Kier molecular flexibility index (Phi) is 7.34. The van der Waals surface area contributed by atoms with Crippen LogP contribution >= 0.6 is 0 Å². The van der Waals surface area contributed by atoms with Crippen LogP contribution in [0.3, 0.4) is 0 Å². The summed E-state index contributed by atoms with van der Waals surface area (Å²) in [6.07, 6.45) is 0. The highest BCUT2D eigenvalue weighted by Gasteiger charge is 2.90. The molecule has 2 spiro atoms. The van der Waals surface area contributed by atoms with Gasteiger partial charge in [0, 0.05) is 22.3 Å². The minimum absolute atomic E-state index is 0.0247. The maximum Gasteiger partial charge on any atom is 0.314 e. The van der Waals surface area contributed by atoms with E-state index in [0.29, 0.717) is 22.6 Å². The van der Waals surface area contributed by atoms with Crippen LogP contribution in [0.25, 0.3) is 11.5 Å². The van der Waals surface area contributed by atoms with Gasteiger partial charge in [-0.15, -0.1) is 0 Å². The number of Topliss-reactive ketones (excluding diaryl/α,β-unsaturated/α-hetero) is 2. The Balaban J connectivity index is 1.68. The van der Waals surface area contributed by atoms with E-state index in [1.54, 1.807) is 76.2 Å². The molecule has 2 aromatic rings. The highest BCUT2D eigenvalue weighted by atomic mass is 16.6. The first-order valence-electron chi connectivity index (χ1n) is 13.6. The van der Waals surface area contributed by atoms with Crippen LogP contribution in [0.5, 0.6) is 11.5 Å². The molecule has 3 aliphatic rings. The molecule has 2 aliphatic heterocycles. The van der Waals surface area contributed by atoms with Crippen LogP contribution in [0, 0.1) is 11.8 Å². The largest absolute Gasteiger partial charge is 0.497 e. The van der Waals surface area contributed by atoms with Gasteiger partial charge in [-0.2, -0.15) is 0 Å². The van der Waals surface area contributed by atoms with Gasteiger partial charge in [0.15, 0.2) is 0 Å². The highest BCUT2D eigenvalue weighted by Crippen LogP contribution is 2.66. The summed E-state index contributed by atoms with van der Waals surface area (Å²) in [5, 5.41) is 0. The highest BCUT2D eigenvalue weighted by molar-refractivity contribution is 6.24. The van der Waals surface area contributed by atoms with Crippen molar-refractivity contribution in [2.24, 2.45) is 11.8 Å². The molecule has 220 valence electrons. The second-order valence-corrected chi connectivity index (χ2v) is 10.2. The molecule has 0 amide bonds. The third-order valence-corrected chi connectivity index (χ3v) is 8.11. The molecule has 10 nitrogen and oxygen atoms in total. The lowest BCUT2D eigenvalue weighted by Crippen LogP contribution is -2.84. The molecule has 0 radical (unpaired) electrons. The van der Waals surface area contributed by atoms with Crippen molar-refractivity contribution in [2.75, 3.05) is 27.4 Å². The van der Waals surface area contributed by atoms with Gasteiger partial charge in [0.05, 0.1) is 27.4 Å². The van der Waals surface area contributed by atoms with Gasteiger partial charge in [-0.1, -0.05) is 0 Å². The quantitative estimate of drug-likeness (QED) is 0.427. The Morgan fingerprint density at radius 3 is 1.29 bits per heavy atom. The summed E-state index contributed by atoms with van der Waals surface area (Å²) in [5.74, 6) is -4.58. The predicted molar refractivity (Wildman–Crippen MR) is 149 cm³/mol. The summed E-state index contributed by atoms with van der Waals surface area (Å²) >= 11 is 0. The lowest BCUT2D eigenvalue weighted by molar-refractivity contribution is -0.261. The minimum atomic E-state index is -2.22. The summed E-state index contributed by atoms with van der Waals surface area (Å²) in [5.41, 5.74) is -3.07. The summed E-state index contributed by atoms with van der Waals surface area (Å²) in [4.78, 5) is 55.8. The number of ether oxygens (including phenoxy) is 6. The number of ketones is 2. The molecule has 5 rings (SSSR count). The number of esters is 2. The molecule has 2 heterocycles. The maximum atomic E-state index is 14.4. The molecule has 0 saturated heterocycles. The van der Waals surface area contributed by atoms with Crippen molar-refractivity contribution < 1.29 is 47.6 Å². The van der Waals surface area contributed by atoms with E-state index in [2.05, 4.69) is 0 Å². The molecule has 10 heteroatoms. The average molecular weight is 577 g/mol. The van der Waals surface area contributed by atoms with Gasteiger partial charge < -0.3 is 28.4 Å². The van der Waals surface area contributed by atoms with E-state index in [1.807, 2.05) is 0 Å². The average Bonchev–Trinajstić information content (AvgIpc) is 3.44. The van der Waals surface area contributed by atoms with Gasteiger partial charge in [-0.3, -0.25) is 19.2 Å². The Hall–Kier alpha value is -4.60. The third-order valence-electron chi connectivity index (χ3n) is 8.11. The number of carbonyl (C=O) groups excluding carboxylic acids is 4. The number of rotatable bonds is 8. The van der Waals surface area contributed by atoms with Crippen LogP contribution < -0.4 is 9.47 Å². The second-order valence-electron chi connectivity index (χ2n) is 10.2. The minimum Gasteiger partial charge on any atom is -0.497 e. The topological polar surface area (TPSA) is 124 Å². The molecule has 0 aromatic heterocycles. The molecule has 1 aliphatic carbocycles. The summed E-state index contributed by atoms with van der Waals surface area (Å²) in [7, 11) is 3.06. The predicted octanol–water partition coefficient (Wildman–Crippen LogP) is 3.91. The Bertz CT molecular complexity index is 1400. The normalized spacial score (nSPS) is 26.2. The van der Waals surface area contributed by atoms with Gasteiger partial charge >= 0.3 is 11.9 Å². The molecule has 0 unspecified atom stereocenters. The summed E-state index contributed by atoms with van der Waals surface area (Å²) < 4.78 is 34.1. The van der Waals surface area contributed by atoms with Crippen molar-refractivity contribution >= 4 is 35.0 Å². The van der Waals surface area contributed by atoms with Gasteiger partial charge in [-0.05, 0) is 76.2 Å². The molecular formula is C32H32O10. The van der Waals surface area contributed by atoms with Crippen molar-refractivity contribution in [3.8, 4) is 11.5 Å². The molecule has 0 bridgehead atoms. The Morgan fingerprint density at radius 2 is 1.00 bits per heavy atom. The fourth-order valence-corrected chi connectivity index (χ4v) is 6.17. The Labute approximate surface area is 243 Å². The summed E-state index contributed by atoms with van der Waals surface area (Å²) in [6.45, 7) is 6.26. The van der Waals surface area contributed by atoms with Gasteiger partial charge in [0.1, 0.15) is 34.9 Å². The van der Waals surface area contributed by atoms with Gasteiger partial charge in [0.25, 0.3) is 0 Å². The van der Waals surface area contributed by atoms with E-state index < -0.39 is 46.5 Å². The zero-order chi connectivity index (χ0) is 30.4. The van der Waals surface area contributed by atoms with Crippen LogP contribution in [0.2, 0.25) is 0 Å². The van der Waals surface area contributed by atoms with E-state index in [0.717, 1.165) is 0 Å². The lowest BCUT2D eigenvalue weighted by atomic mass is 9.46. The fourth-order valence-electron chi connectivity index (χ4n) is 6.17. The van der Waals surface area contributed by atoms with E-state index in [9.17, 15) is 19.2 Å². The molecule has 2 aromatic carbocycles. The number of fused-ring (bicyclic) bond motifs is 1. The van der Waals surface area contributed by atoms with Crippen LogP contribution in [0.1, 0.15) is 38.8 Å². The molecule has 42 heavy (non-hydrogen) atoms. The van der Waals surface area contributed by atoms with Crippen molar-refractivity contribution in [2.45, 2.75) is 38.9 Å². The monoisotopic (exact) mass is 576 g/mol. The number of hydrogen-bond donors (Lipinski definition) is 0. The third kappa shape index (κ3) is 3.84. The zero-order valence-corrected chi connectivity index (χ0v) is 24.3. The first-order valence-corrected chi connectivity index (χ1v) is 13.6. The molecule has 4 atom stereocenters. The van der Waals surface area contributed by atoms with Crippen molar-refractivity contribution in [1.82, 2.24) is 0 Å². The number of benzene rings is 2. The van der Waals surface area contributed by atoms with E-state index in [1.165, 1.54) is 14.2 Å². The molecule has 1 saturated carbocycles. The maximum absolute atomic E-state index is 14.4. The lowest BCUT2D eigenvalue weighted by Gasteiger charge is -2.59. The second kappa shape index (κ2) is 10.7. The van der Waals surface area contributed by atoms with E-state index in [-0.39, 0.29) is 35.9 Å². The number of methoxy groups -OCH3 is 2. The summed E-state index contributed by atoms with van der Waals surface area (Å²) in [6, 6.07) is 13.6. The van der Waals surface area contributed by atoms with Crippen LogP contribution in [-0.2, 0) is 38.1 Å². The number of carbonyl (C=O) groups is 4. The van der Waals surface area contributed by atoms with Crippen LogP contribution in [0.15, 0.2) is 59.7 Å². The SMILES string of the molecule is CCOC(=O)[C@@H]1[C@H](C(=O)OCC)[C@]2(OC(c3ccc(OC)cc3)=C(C)C2=O)[C@]12OC(c1ccc(OC)cc1)=C(C)C2=O. The van der Waals surface area contributed by atoms with E-state index >= 15 is 0 Å². The standard InChI is InChI=1S/C32H32O10/c1-7-39-29(35)23-24(30(36)40-8-2)32(28(34)18(4)26(42-32)20-11-15-22(38-6)16-12-20)31(23)27(33)17(3)25(41-31)19-9-13-21(37-5)14-10-19/h9-16,23-24H,7-8H2,1-6H3/t23-,24+,31-,32+.